The van der Waals surface area contributed by atoms with Crippen LogP contribution < -0.4 is 5.32 Å². The van der Waals surface area contributed by atoms with Gasteiger partial charge in [-0.3, -0.25) is 9.59 Å². The maximum Gasteiger partial charge on any atom is 0.252 e. The maximum absolute atomic E-state index is 13.8. The van der Waals surface area contributed by atoms with E-state index in [1.807, 2.05) is 43.5 Å². The standard InChI is InChI=1S/C34H38N4O2/c1-21(2)31-30(24-9-6-7-10-24)26-15-14-25(20-28(26)37(31)4)32(40)36-34(17-8-18-34)33-35-27-16-13-23(12-11-22(3)39)19-29(27)38(33)5/h11-16,19-20,24H,1,6-10,17-18H2,2-5H3,(H,36,40)/b12-11+. The first-order valence-electron chi connectivity index (χ1n) is 14.4. The van der Waals surface area contributed by atoms with Crippen LogP contribution in [0.25, 0.3) is 33.6 Å². The van der Waals surface area contributed by atoms with E-state index in [0.29, 0.717) is 11.5 Å². The largest absolute Gasteiger partial charge is 0.344 e. The van der Waals surface area contributed by atoms with Crippen LogP contribution in [-0.4, -0.2) is 25.8 Å². The lowest BCUT2D eigenvalue weighted by atomic mass is 9.75. The highest BCUT2D eigenvalue weighted by molar-refractivity contribution is 6.00. The smallest absolute Gasteiger partial charge is 0.252 e. The monoisotopic (exact) mass is 534 g/mol. The molecule has 6 heteroatoms. The van der Waals surface area contributed by atoms with Crippen LogP contribution in [0, 0.1) is 0 Å². The molecule has 2 heterocycles. The number of hydrogen-bond donors (Lipinski definition) is 1. The molecule has 1 N–H and O–H groups in total. The highest BCUT2D eigenvalue weighted by Gasteiger charge is 2.44. The van der Waals surface area contributed by atoms with Crippen molar-refractivity contribution in [2.45, 2.75) is 70.3 Å². The van der Waals surface area contributed by atoms with E-state index in [4.69, 9.17) is 4.98 Å². The van der Waals surface area contributed by atoms with Gasteiger partial charge >= 0.3 is 0 Å². The molecule has 4 aromatic rings. The number of benzene rings is 2. The Kier molecular flexibility index (Phi) is 6.52. The Hall–Kier alpha value is -3.93. The van der Waals surface area contributed by atoms with Crippen LogP contribution in [0.15, 0.2) is 49.1 Å². The predicted octanol–water partition coefficient (Wildman–Crippen LogP) is 7.17. The van der Waals surface area contributed by atoms with Gasteiger partial charge in [0.15, 0.2) is 5.78 Å². The molecule has 0 radical (unpaired) electrons. The lowest BCUT2D eigenvalue weighted by Gasteiger charge is -2.41. The average Bonchev–Trinajstić information content (AvgIpc) is 3.62. The molecule has 0 bridgehead atoms. The number of hydrogen-bond acceptors (Lipinski definition) is 3. The number of carbonyl (C=O) groups excluding carboxylic acids is 2. The van der Waals surface area contributed by atoms with Crippen molar-refractivity contribution >= 4 is 45.3 Å². The number of allylic oxidation sites excluding steroid dienone is 2. The molecule has 0 spiro atoms. The third-order valence-electron chi connectivity index (χ3n) is 9.07. The minimum Gasteiger partial charge on any atom is -0.344 e. The predicted molar refractivity (Wildman–Crippen MR) is 162 cm³/mol. The number of aromatic nitrogens is 3. The van der Waals surface area contributed by atoms with Gasteiger partial charge in [-0.25, -0.2) is 4.98 Å². The van der Waals surface area contributed by atoms with Crippen LogP contribution in [-0.2, 0) is 24.4 Å². The Morgan fingerprint density at radius 2 is 1.75 bits per heavy atom. The van der Waals surface area contributed by atoms with Gasteiger partial charge in [0.05, 0.1) is 16.6 Å². The molecule has 1 amide bonds. The molecule has 6 rings (SSSR count). The van der Waals surface area contributed by atoms with Gasteiger partial charge in [0.1, 0.15) is 5.82 Å². The summed E-state index contributed by atoms with van der Waals surface area (Å²) in [4.78, 5) is 30.2. The summed E-state index contributed by atoms with van der Waals surface area (Å²) < 4.78 is 4.32. The molecule has 6 nitrogen and oxygen atoms in total. The lowest BCUT2D eigenvalue weighted by Crippen LogP contribution is -2.52. The van der Waals surface area contributed by atoms with E-state index in [1.165, 1.54) is 42.3 Å². The molecule has 2 saturated carbocycles. The second-order valence-electron chi connectivity index (χ2n) is 11.9. The lowest BCUT2D eigenvalue weighted by molar-refractivity contribution is -0.112. The van der Waals surface area contributed by atoms with Crippen molar-refractivity contribution in [3.63, 3.8) is 0 Å². The second-order valence-corrected chi connectivity index (χ2v) is 11.9. The van der Waals surface area contributed by atoms with E-state index < -0.39 is 5.54 Å². The molecule has 0 atom stereocenters. The van der Waals surface area contributed by atoms with Crippen LogP contribution in [0.2, 0.25) is 0 Å². The molecular formula is C34H38N4O2. The van der Waals surface area contributed by atoms with Crippen LogP contribution in [0.5, 0.6) is 0 Å². The molecule has 2 aromatic heterocycles. The molecule has 2 fully saturated rings. The summed E-state index contributed by atoms with van der Waals surface area (Å²) in [6, 6.07) is 12.2. The fourth-order valence-electron chi connectivity index (χ4n) is 6.93. The van der Waals surface area contributed by atoms with E-state index in [0.717, 1.165) is 52.8 Å². The Balaban J connectivity index is 1.34. The summed E-state index contributed by atoms with van der Waals surface area (Å²) in [7, 11) is 4.11. The molecule has 40 heavy (non-hydrogen) atoms. The molecule has 2 aromatic carbocycles. The minimum atomic E-state index is -0.499. The van der Waals surface area contributed by atoms with E-state index in [1.54, 1.807) is 13.0 Å². The number of carbonyl (C=O) groups is 2. The van der Waals surface area contributed by atoms with Crippen LogP contribution >= 0.6 is 0 Å². The quantitative estimate of drug-likeness (QED) is 0.256. The number of rotatable bonds is 7. The fourth-order valence-corrected chi connectivity index (χ4v) is 6.93. The van der Waals surface area contributed by atoms with Crippen molar-refractivity contribution < 1.29 is 9.59 Å². The molecule has 206 valence electrons. The van der Waals surface area contributed by atoms with E-state index in [-0.39, 0.29) is 11.7 Å². The summed E-state index contributed by atoms with van der Waals surface area (Å²) in [5, 5.41) is 4.64. The van der Waals surface area contributed by atoms with Crippen LogP contribution in [0.1, 0.15) is 97.7 Å². The van der Waals surface area contributed by atoms with Crippen molar-refractivity contribution in [2.24, 2.45) is 14.1 Å². The van der Waals surface area contributed by atoms with Crippen molar-refractivity contribution in [3.8, 4) is 0 Å². The normalized spacial score (nSPS) is 17.1. The van der Waals surface area contributed by atoms with Crippen molar-refractivity contribution in [3.05, 3.63) is 77.3 Å². The number of ketones is 1. The Morgan fingerprint density at radius 3 is 2.40 bits per heavy atom. The van der Waals surface area contributed by atoms with E-state index in [9.17, 15) is 9.59 Å². The van der Waals surface area contributed by atoms with Gasteiger partial charge in [-0.1, -0.05) is 37.6 Å². The summed E-state index contributed by atoms with van der Waals surface area (Å²) in [6.45, 7) is 7.92. The number of amides is 1. The minimum absolute atomic E-state index is 0.0149. The zero-order chi connectivity index (χ0) is 28.2. The van der Waals surface area contributed by atoms with Crippen LogP contribution in [0.3, 0.4) is 0 Å². The van der Waals surface area contributed by atoms with Gasteiger partial charge in [0.2, 0.25) is 0 Å². The molecule has 0 saturated heterocycles. The Labute approximate surface area is 235 Å². The topological polar surface area (TPSA) is 68.9 Å². The van der Waals surface area contributed by atoms with E-state index >= 15 is 0 Å². The molecular weight excluding hydrogens is 496 g/mol. The Morgan fingerprint density at radius 1 is 1.00 bits per heavy atom. The van der Waals surface area contributed by atoms with Gasteiger partial charge in [0, 0.05) is 36.3 Å². The van der Waals surface area contributed by atoms with Crippen LogP contribution in [0.4, 0.5) is 0 Å². The summed E-state index contributed by atoms with van der Waals surface area (Å²) in [6.07, 6.45) is 11.1. The highest BCUT2D eigenvalue weighted by Crippen LogP contribution is 2.44. The summed E-state index contributed by atoms with van der Waals surface area (Å²) in [5.41, 5.74) is 7.77. The van der Waals surface area contributed by atoms with Gasteiger partial charge in [-0.05, 0) is 98.9 Å². The highest BCUT2D eigenvalue weighted by atomic mass is 16.2. The third-order valence-corrected chi connectivity index (χ3v) is 9.07. The average molecular weight is 535 g/mol. The summed E-state index contributed by atoms with van der Waals surface area (Å²) in [5.74, 6) is 1.38. The van der Waals surface area contributed by atoms with Crippen molar-refractivity contribution in [2.75, 3.05) is 0 Å². The van der Waals surface area contributed by atoms with Crippen molar-refractivity contribution in [1.29, 1.82) is 0 Å². The second kappa shape index (κ2) is 9.92. The maximum atomic E-state index is 13.8. The first kappa shape index (κ1) is 26.3. The SMILES string of the molecule is C=C(C)c1c(C2CCCC2)c2ccc(C(=O)NC3(c4nc5ccc(/C=C/C(C)=O)cc5n4C)CCC3)cc2n1C. The molecule has 2 aliphatic rings. The number of fused-ring (bicyclic) bond motifs is 2. The number of nitrogens with one attached hydrogen (secondary N) is 1. The zero-order valence-electron chi connectivity index (χ0n) is 24.0. The number of nitrogens with zero attached hydrogens (tertiary/aromatic N) is 3. The third kappa shape index (κ3) is 4.30. The first-order chi connectivity index (χ1) is 19.2. The van der Waals surface area contributed by atoms with Gasteiger partial charge in [0.25, 0.3) is 5.91 Å². The fraction of sp³-hybridized carbons (Fsp3) is 0.382. The van der Waals surface area contributed by atoms with Gasteiger partial charge in [-0.2, -0.15) is 0 Å². The first-order valence-corrected chi connectivity index (χ1v) is 14.4. The van der Waals surface area contributed by atoms with Crippen molar-refractivity contribution in [1.82, 2.24) is 19.4 Å². The van der Waals surface area contributed by atoms with Gasteiger partial charge in [-0.15, -0.1) is 0 Å². The van der Waals surface area contributed by atoms with Gasteiger partial charge < -0.3 is 14.5 Å². The zero-order valence-corrected chi connectivity index (χ0v) is 24.0. The molecule has 0 unspecified atom stereocenters. The number of imidazole rings is 1. The Bertz CT molecular complexity index is 1710. The summed E-state index contributed by atoms with van der Waals surface area (Å²) >= 11 is 0. The van der Waals surface area contributed by atoms with E-state index in [2.05, 4.69) is 41.1 Å². The molecule has 0 aliphatic heterocycles. The number of aryl methyl sites for hydroxylation is 2. The molecule has 2 aliphatic carbocycles.